The summed E-state index contributed by atoms with van der Waals surface area (Å²) in [5.41, 5.74) is 3.60. The number of hydrogen-bond donors (Lipinski definition) is 1. The Morgan fingerprint density at radius 1 is 1.43 bits per heavy atom. The molecule has 1 N–H and O–H groups in total. The number of rotatable bonds is 3. The van der Waals surface area contributed by atoms with Gasteiger partial charge in [0.05, 0.1) is 11.2 Å². The van der Waals surface area contributed by atoms with Crippen LogP contribution in [0, 0.1) is 17.3 Å². The van der Waals surface area contributed by atoms with E-state index in [1.54, 1.807) is 24.4 Å². The number of amides is 1. The van der Waals surface area contributed by atoms with E-state index in [2.05, 4.69) is 17.5 Å². The minimum absolute atomic E-state index is 0.0331. The van der Waals surface area contributed by atoms with Gasteiger partial charge in [-0.2, -0.15) is 5.10 Å². The zero-order valence-electron chi connectivity index (χ0n) is 11.9. The number of halogens is 2. The van der Waals surface area contributed by atoms with Crippen LogP contribution in [-0.2, 0) is 4.79 Å². The predicted octanol–water partition coefficient (Wildman–Crippen LogP) is 4.27. The molecule has 0 saturated heterocycles. The number of nitrogens with one attached hydrogen (secondary N) is 1. The highest BCUT2D eigenvalue weighted by Crippen LogP contribution is 2.66. The van der Waals surface area contributed by atoms with Gasteiger partial charge in [0.2, 0.25) is 5.91 Å². The second kappa shape index (κ2) is 5.62. The minimum Gasteiger partial charge on any atom is -0.273 e. The Bertz CT molecular complexity index is 602. The zero-order chi connectivity index (χ0) is 15.0. The zero-order valence-corrected chi connectivity index (χ0v) is 13.4. The molecule has 112 valence electrons. The molecule has 3 nitrogen and oxygen atoms in total. The van der Waals surface area contributed by atoms with Crippen LogP contribution in [0.2, 0.25) is 10.0 Å². The van der Waals surface area contributed by atoms with E-state index in [0.717, 1.165) is 12.0 Å². The molecule has 0 heterocycles. The average molecular weight is 325 g/mol. The molecule has 0 spiro atoms. The number of carbonyl (C=O) groups is 1. The highest BCUT2D eigenvalue weighted by molar-refractivity contribution is 6.36. The summed E-state index contributed by atoms with van der Waals surface area (Å²) >= 11 is 11.9. The van der Waals surface area contributed by atoms with E-state index in [4.69, 9.17) is 23.2 Å². The molecule has 3 atom stereocenters. The minimum atomic E-state index is 0.0331. The number of hydrogen-bond acceptors (Lipinski definition) is 2. The van der Waals surface area contributed by atoms with E-state index >= 15 is 0 Å². The first-order valence-electron chi connectivity index (χ1n) is 7.30. The Balaban J connectivity index is 1.60. The summed E-state index contributed by atoms with van der Waals surface area (Å²) in [6.45, 7) is 2.22. The van der Waals surface area contributed by atoms with E-state index in [1.165, 1.54) is 19.3 Å². The fraction of sp³-hybridized carbons (Fsp3) is 0.500. The maximum absolute atomic E-state index is 12.2. The van der Waals surface area contributed by atoms with Crippen LogP contribution in [0.15, 0.2) is 23.3 Å². The van der Waals surface area contributed by atoms with Gasteiger partial charge in [-0.05, 0) is 36.3 Å². The van der Waals surface area contributed by atoms with Crippen molar-refractivity contribution in [3.63, 3.8) is 0 Å². The van der Waals surface area contributed by atoms with Crippen LogP contribution >= 0.6 is 23.2 Å². The third-order valence-corrected chi connectivity index (χ3v) is 5.52. The van der Waals surface area contributed by atoms with Gasteiger partial charge in [0.25, 0.3) is 0 Å². The molecule has 0 bridgehead atoms. The molecular formula is C16H18Cl2N2O. The molecule has 1 aromatic rings. The van der Waals surface area contributed by atoms with Crippen molar-refractivity contribution in [2.24, 2.45) is 22.4 Å². The molecule has 21 heavy (non-hydrogen) atoms. The first-order valence-corrected chi connectivity index (χ1v) is 8.06. The molecule has 2 aliphatic rings. The molecular weight excluding hydrogens is 307 g/mol. The fourth-order valence-corrected chi connectivity index (χ4v) is 4.15. The lowest BCUT2D eigenvalue weighted by molar-refractivity contribution is -0.123. The molecule has 5 heteroatoms. The Morgan fingerprint density at radius 3 is 2.90 bits per heavy atom. The van der Waals surface area contributed by atoms with Gasteiger partial charge in [-0.15, -0.1) is 0 Å². The van der Waals surface area contributed by atoms with Crippen molar-refractivity contribution >= 4 is 35.3 Å². The second-order valence-electron chi connectivity index (χ2n) is 6.24. The van der Waals surface area contributed by atoms with Crippen LogP contribution in [0.4, 0.5) is 0 Å². The molecule has 2 saturated carbocycles. The second-order valence-corrected chi connectivity index (χ2v) is 7.08. The summed E-state index contributed by atoms with van der Waals surface area (Å²) in [6.07, 6.45) is 6.36. The summed E-state index contributed by atoms with van der Waals surface area (Å²) in [5, 5.41) is 5.13. The Labute approximate surface area is 134 Å². The van der Waals surface area contributed by atoms with Crippen LogP contribution in [0.1, 0.15) is 38.2 Å². The monoisotopic (exact) mass is 324 g/mol. The lowest BCUT2D eigenvalue weighted by Crippen LogP contribution is -2.22. The number of fused-ring (bicyclic) bond motifs is 1. The van der Waals surface area contributed by atoms with Crippen LogP contribution in [-0.4, -0.2) is 12.1 Å². The summed E-state index contributed by atoms with van der Waals surface area (Å²) in [7, 11) is 0. The molecule has 2 aliphatic carbocycles. The quantitative estimate of drug-likeness (QED) is 0.654. The molecule has 0 aliphatic heterocycles. The molecule has 2 fully saturated rings. The molecule has 0 radical (unpaired) electrons. The molecule has 1 aromatic carbocycles. The van der Waals surface area contributed by atoms with Crippen molar-refractivity contribution in [1.82, 2.24) is 5.43 Å². The van der Waals surface area contributed by atoms with Crippen LogP contribution in [0.3, 0.4) is 0 Å². The van der Waals surface area contributed by atoms with Gasteiger partial charge in [0.1, 0.15) is 0 Å². The van der Waals surface area contributed by atoms with E-state index in [1.807, 2.05) is 0 Å². The van der Waals surface area contributed by atoms with E-state index in [-0.39, 0.29) is 17.2 Å². The SMILES string of the molecule is C[C@]12CCCC[C@H]1[C@H]2C(=O)N/N=C/c1ccc(Cl)cc1Cl. The molecule has 0 aromatic heterocycles. The van der Waals surface area contributed by atoms with Gasteiger partial charge in [-0.25, -0.2) is 5.43 Å². The van der Waals surface area contributed by atoms with Gasteiger partial charge in [0, 0.05) is 16.5 Å². The Kier molecular flexibility index (Phi) is 3.98. The van der Waals surface area contributed by atoms with Gasteiger partial charge in [-0.3, -0.25) is 4.79 Å². The highest BCUT2D eigenvalue weighted by atomic mass is 35.5. The highest BCUT2D eigenvalue weighted by Gasteiger charge is 2.64. The third-order valence-electron chi connectivity index (χ3n) is 4.95. The van der Waals surface area contributed by atoms with Crippen molar-refractivity contribution in [2.45, 2.75) is 32.6 Å². The first kappa shape index (κ1) is 14.9. The lowest BCUT2D eigenvalue weighted by atomic mass is 9.90. The lowest BCUT2D eigenvalue weighted by Gasteiger charge is -2.15. The van der Waals surface area contributed by atoms with Gasteiger partial charge >= 0.3 is 0 Å². The van der Waals surface area contributed by atoms with Crippen molar-refractivity contribution in [1.29, 1.82) is 0 Å². The summed E-state index contributed by atoms with van der Waals surface area (Å²) in [6, 6.07) is 5.18. The number of carbonyl (C=O) groups excluding carboxylic acids is 1. The maximum Gasteiger partial charge on any atom is 0.244 e. The van der Waals surface area contributed by atoms with E-state index in [0.29, 0.717) is 16.0 Å². The van der Waals surface area contributed by atoms with Gasteiger partial charge < -0.3 is 0 Å². The molecule has 3 rings (SSSR count). The van der Waals surface area contributed by atoms with Crippen molar-refractivity contribution < 1.29 is 4.79 Å². The summed E-state index contributed by atoms with van der Waals surface area (Å²) in [5.74, 6) is 0.698. The Hall–Kier alpha value is -1.06. The fourth-order valence-electron chi connectivity index (χ4n) is 3.69. The van der Waals surface area contributed by atoms with Crippen LogP contribution in [0.5, 0.6) is 0 Å². The Morgan fingerprint density at radius 2 is 2.24 bits per heavy atom. The smallest absolute Gasteiger partial charge is 0.244 e. The van der Waals surface area contributed by atoms with Crippen molar-refractivity contribution in [3.05, 3.63) is 33.8 Å². The number of nitrogens with zero attached hydrogens (tertiary/aromatic N) is 1. The normalized spacial score (nSPS) is 31.0. The van der Waals surface area contributed by atoms with Gasteiger partial charge in [-0.1, -0.05) is 49.0 Å². The van der Waals surface area contributed by atoms with Crippen LogP contribution in [0.25, 0.3) is 0 Å². The topological polar surface area (TPSA) is 41.5 Å². The standard InChI is InChI=1S/C16H18Cl2N2O/c1-16-7-3-2-4-12(16)14(16)15(21)20-19-9-10-5-6-11(17)8-13(10)18/h5-6,8-9,12,14H,2-4,7H2,1H3,(H,20,21)/b19-9+/t12-,14-,16-/m0/s1. The molecule has 0 unspecified atom stereocenters. The predicted molar refractivity (Wildman–Crippen MR) is 85.8 cm³/mol. The third kappa shape index (κ3) is 2.82. The average Bonchev–Trinajstić information content (AvgIpc) is 3.07. The number of hydrazone groups is 1. The van der Waals surface area contributed by atoms with Crippen molar-refractivity contribution in [2.75, 3.05) is 0 Å². The number of benzene rings is 1. The molecule has 1 amide bonds. The van der Waals surface area contributed by atoms with Gasteiger partial charge in [0.15, 0.2) is 0 Å². The summed E-state index contributed by atoms with van der Waals surface area (Å²) in [4.78, 5) is 12.2. The van der Waals surface area contributed by atoms with Crippen LogP contribution < -0.4 is 5.43 Å². The van der Waals surface area contributed by atoms with Crippen molar-refractivity contribution in [3.8, 4) is 0 Å². The first-order chi connectivity index (χ1) is 10.0. The van der Waals surface area contributed by atoms with E-state index in [9.17, 15) is 4.79 Å². The largest absolute Gasteiger partial charge is 0.273 e. The maximum atomic E-state index is 12.2. The summed E-state index contributed by atoms with van der Waals surface area (Å²) < 4.78 is 0. The van der Waals surface area contributed by atoms with E-state index < -0.39 is 0 Å².